The third kappa shape index (κ3) is 2.46. The number of para-hydroxylation sites is 1. The smallest absolute Gasteiger partial charge is 0.126 e. The van der Waals surface area contributed by atoms with Crippen LogP contribution < -0.4 is 10.1 Å². The highest BCUT2D eigenvalue weighted by atomic mass is 35.5. The molecule has 0 aliphatic carbocycles. The number of hydrogen-bond acceptors (Lipinski definition) is 2. The van der Waals surface area contributed by atoms with Gasteiger partial charge in [0.15, 0.2) is 0 Å². The average molecular weight is 274 g/mol. The van der Waals surface area contributed by atoms with Crippen LogP contribution in [0.5, 0.6) is 5.75 Å². The van der Waals surface area contributed by atoms with Crippen molar-refractivity contribution in [2.24, 2.45) is 0 Å². The molecule has 1 aliphatic heterocycles. The van der Waals surface area contributed by atoms with Crippen molar-refractivity contribution in [3.8, 4) is 5.75 Å². The SMILES string of the molecule is CNC1CC(c2ccc(Cl)cc2)Oc2ccccc21. The molecule has 2 unspecified atom stereocenters. The van der Waals surface area contributed by atoms with Gasteiger partial charge < -0.3 is 10.1 Å². The Morgan fingerprint density at radius 1 is 1.11 bits per heavy atom. The second-order valence-electron chi connectivity index (χ2n) is 4.77. The normalized spacial score (nSPS) is 21.6. The maximum Gasteiger partial charge on any atom is 0.126 e. The fraction of sp³-hybridized carbons (Fsp3) is 0.250. The topological polar surface area (TPSA) is 21.3 Å². The molecule has 0 amide bonds. The van der Waals surface area contributed by atoms with Gasteiger partial charge in [0.2, 0.25) is 0 Å². The number of rotatable bonds is 2. The van der Waals surface area contributed by atoms with Crippen LogP contribution in [-0.4, -0.2) is 7.05 Å². The fourth-order valence-electron chi connectivity index (χ4n) is 2.57. The summed E-state index contributed by atoms with van der Waals surface area (Å²) < 4.78 is 6.11. The molecular weight excluding hydrogens is 258 g/mol. The summed E-state index contributed by atoms with van der Waals surface area (Å²) in [7, 11) is 1.99. The van der Waals surface area contributed by atoms with Crippen molar-refractivity contribution in [2.75, 3.05) is 7.05 Å². The van der Waals surface area contributed by atoms with Gasteiger partial charge in [-0.25, -0.2) is 0 Å². The van der Waals surface area contributed by atoms with Crippen molar-refractivity contribution in [3.05, 3.63) is 64.7 Å². The Balaban J connectivity index is 1.93. The lowest BCUT2D eigenvalue weighted by molar-refractivity contribution is 0.154. The zero-order chi connectivity index (χ0) is 13.2. The summed E-state index contributed by atoms with van der Waals surface area (Å²) in [6.45, 7) is 0. The highest BCUT2D eigenvalue weighted by Crippen LogP contribution is 2.40. The zero-order valence-electron chi connectivity index (χ0n) is 10.8. The molecule has 3 heteroatoms. The molecule has 19 heavy (non-hydrogen) atoms. The van der Waals surface area contributed by atoms with Crippen LogP contribution in [0, 0.1) is 0 Å². The number of halogens is 1. The number of fused-ring (bicyclic) bond motifs is 1. The van der Waals surface area contributed by atoms with Gasteiger partial charge in [-0.1, -0.05) is 41.9 Å². The van der Waals surface area contributed by atoms with Crippen molar-refractivity contribution in [3.63, 3.8) is 0 Å². The molecule has 0 spiro atoms. The largest absolute Gasteiger partial charge is 0.485 e. The van der Waals surface area contributed by atoms with Crippen LogP contribution in [0.3, 0.4) is 0 Å². The van der Waals surface area contributed by atoms with Crippen LogP contribution in [0.15, 0.2) is 48.5 Å². The molecule has 0 radical (unpaired) electrons. The third-order valence-corrected chi connectivity index (χ3v) is 3.86. The van der Waals surface area contributed by atoms with Gasteiger partial charge in [0.25, 0.3) is 0 Å². The van der Waals surface area contributed by atoms with Gasteiger partial charge in [-0.2, -0.15) is 0 Å². The first-order chi connectivity index (χ1) is 9.28. The lowest BCUT2D eigenvalue weighted by Gasteiger charge is -2.32. The van der Waals surface area contributed by atoms with Gasteiger partial charge in [-0.05, 0) is 30.8 Å². The Bertz CT molecular complexity index is 567. The van der Waals surface area contributed by atoms with Crippen LogP contribution in [0.4, 0.5) is 0 Å². The molecule has 2 aromatic carbocycles. The lowest BCUT2D eigenvalue weighted by Crippen LogP contribution is -2.26. The summed E-state index contributed by atoms with van der Waals surface area (Å²) in [5, 5.41) is 4.12. The molecule has 2 nitrogen and oxygen atoms in total. The molecule has 3 rings (SSSR count). The van der Waals surface area contributed by atoms with E-state index in [1.165, 1.54) is 11.1 Å². The summed E-state index contributed by atoms with van der Waals surface area (Å²) in [5.74, 6) is 0.966. The summed E-state index contributed by atoms with van der Waals surface area (Å²) in [6, 6.07) is 16.4. The molecule has 1 aliphatic rings. The highest BCUT2D eigenvalue weighted by molar-refractivity contribution is 6.30. The van der Waals surface area contributed by atoms with E-state index in [0.717, 1.165) is 17.2 Å². The summed E-state index contributed by atoms with van der Waals surface area (Å²) in [4.78, 5) is 0. The van der Waals surface area contributed by atoms with E-state index in [1.807, 2.05) is 43.4 Å². The third-order valence-electron chi connectivity index (χ3n) is 3.60. The summed E-state index contributed by atoms with van der Waals surface area (Å²) >= 11 is 5.93. The summed E-state index contributed by atoms with van der Waals surface area (Å²) in [5.41, 5.74) is 2.40. The molecule has 1 heterocycles. The Hall–Kier alpha value is -1.51. The molecule has 0 aromatic heterocycles. The molecule has 0 bridgehead atoms. The number of nitrogens with one attached hydrogen (secondary N) is 1. The molecular formula is C16H16ClNO. The van der Waals surface area contributed by atoms with E-state index in [1.54, 1.807) is 0 Å². The highest BCUT2D eigenvalue weighted by Gasteiger charge is 2.27. The van der Waals surface area contributed by atoms with E-state index in [4.69, 9.17) is 16.3 Å². The van der Waals surface area contributed by atoms with Crippen LogP contribution in [0.1, 0.15) is 29.7 Å². The Kier molecular flexibility index (Phi) is 3.45. The first-order valence-corrected chi connectivity index (χ1v) is 6.84. The van der Waals surface area contributed by atoms with E-state index < -0.39 is 0 Å². The van der Waals surface area contributed by atoms with Crippen LogP contribution >= 0.6 is 11.6 Å². The van der Waals surface area contributed by atoms with Crippen LogP contribution in [0.25, 0.3) is 0 Å². The van der Waals surface area contributed by atoms with Crippen molar-refractivity contribution < 1.29 is 4.74 Å². The second-order valence-corrected chi connectivity index (χ2v) is 5.21. The van der Waals surface area contributed by atoms with Gasteiger partial charge in [-0.15, -0.1) is 0 Å². The predicted molar refractivity (Wildman–Crippen MR) is 77.7 cm³/mol. The monoisotopic (exact) mass is 273 g/mol. The molecule has 98 valence electrons. The van der Waals surface area contributed by atoms with Gasteiger partial charge in [0, 0.05) is 23.0 Å². The van der Waals surface area contributed by atoms with Gasteiger partial charge in [0.05, 0.1) is 0 Å². The molecule has 0 fully saturated rings. The van der Waals surface area contributed by atoms with Gasteiger partial charge in [0.1, 0.15) is 11.9 Å². The number of benzene rings is 2. The van der Waals surface area contributed by atoms with E-state index >= 15 is 0 Å². The Morgan fingerprint density at radius 2 is 1.84 bits per heavy atom. The maximum absolute atomic E-state index is 6.11. The molecule has 0 saturated carbocycles. The predicted octanol–water partition coefficient (Wildman–Crippen LogP) is 4.12. The number of hydrogen-bond donors (Lipinski definition) is 1. The fourth-order valence-corrected chi connectivity index (χ4v) is 2.70. The van der Waals surface area contributed by atoms with E-state index in [-0.39, 0.29) is 6.10 Å². The first-order valence-electron chi connectivity index (χ1n) is 6.46. The second kappa shape index (κ2) is 5.24. The van der Waals surface area contributed by atoms with Crippen molar-refractivity contribution in [2.45, 2.75) is 18.6 Å². The lowest BCUT2D eigenvalue weighted by atomic mass is 9.93. The maximum atomic E-state index is 6.11. The Morgan fingerprint density at radius 3 is 2.58 bits per heavy atom. The quantitative estimate of drug-likeness (QED) is 0.888. The van der Waals surface area contributed by atoms with E-state index in [9.17, 15) is 0 Å². The minimum absolute atomic E-state index is 0.0737. The number of ether oxygens (including phenoxy) is 1. The molecule has 0 saturated heterocycles. The van der Waals surface area contributed by atoms with Gasteiger partial charge >= 0.3 is 0 Å². The zero-order valence-corrected chi connectivity index (χ0v) is 11.5. The molecule has 2 atom stereocenters. The minimum atomic E-state index is 0.0737. The van der Waals surface area contributed by atoms with Crippen LogP contribution in [0.2, 0.25) is 5.02 Å². The Labute approximate surface area is 118 Å². The minimum Gasteiger partial charge on any atom is -0.485 e. The molecule has 1 N–H and O–H groups in total. The van der Waals surface area contributed by atoms with Crippen molar-refractivity contribution in [1.29, 1.82) is 0 Å². The van der Waals surface area contributed by atoms with E-state index in [2.05, 4.69) is 17.4 Å². The first kappa shape index (κ1) is 12.5. The van der Waals surface area contributed by atoms with Crippen molar-refractivity contribution >= 4 is 11.6 Å². The standard InChI is InChI=1S/C16H16ClNO/c1-18-14-10-16(11-6-8-12(17)9-7-11)19-15-5-3-2-4-13(14)15/h2-9,14,16,18H,10H2,1H3. The summed E-state index contributed by atoms with van der Waals surface area (Å²) in [6.07, 6.45) is 0.999. The van der Waals surface area contributed by atoms with E-state index in [0.29, 0.717) is 6.04 Å². The van der Waals surface area contributed by atoms with Gasteiger partial charge in [-0.3, -0.25) is 0 Å². The van der Waals surface area contributed by atoms with Crippen molar-refractivity contribution in [1.82, 2.24) is 5.32 Å². The average Bonchev–Trinajstić information content (AvgIpc) is 2.47. The van der Waals surface area contributed by atoms with Crippen LogP contribution in [-0.2, 0) is 0 Å². The molecule has 2 aromatic rings.